The Hall–Kier alpha value is -0.620. The molecule has 17 heavy (non-hydrogen) atoms. The van der Waals surface area contributed by atoms with Crippen LogP contribution in [-0.4, -0.2) is 44.5 Å². The van der Waals surface area contributed by atoms with Crippen LogP contribution in [0.3, 0.4) is 0 Å². The Balaban J connectivity index is 2.65. The molecule has 6 heteroatoms. The number of nitrogens with one attached hydrogen (secondary N) is 2. The second-order valence-corrected chi connectivity index (χ2v) is 7.11. The van der Waals surface area contributed by atoms with E-state index in [4.69, 9.17) is 0 Å². The first-order valence-electron chi connectivity index (χ1n) is 6.05. The Morgan fingerprint density at radius 3 is 2.53 bits per heavy atom. The highest BCUT2D eigenvalue weighted by atomic mass is 32.2. The molecule has 1 saturated carbocycles. The summed E-state index contributed by atoms with van der Waals surface area (Å²) >= 11 is 0. The molecule has 2 N–H and O–H groups in total. The topological polar surface area (TPSA) is 75.3 Å². The normalized spacial score (nSPS) is 25.2. The van der Waals surface area contributed by atoms with Crippen molar-refractivity contribution >= 4 is 15.7 Å². The average molecular weight is 262 g/mol. The van der Waals surface area contributed by atoms with Crippen molar-refractivity contribution in [2.24, 2.45) is 0 Å². The van der Waals surface area contributed by atoms with Crippen LogP contribution in [0.2, 0.25) is 0 Å². The summed E-state index contributed by atoms with van der Waals surface area (Å²) in [6.45, 7) is 3.63. The molecule has 0 radical (unpaired) electrons. The average Bonchev–Trinajstić information content (AvgIpc) is 2.62. The molecule has 2 unspecified atom stereocenters. The third kappa shape index (κ3) is 3.96. The summed E-state index contributed by atoms with van der Waals surface area (Å²) in [5.41, 5.74) is 0. The molecule has 5 nitrogen and oxygen atoms in total. The van der Waals surface area contributed by atoms with Crippen LogP contribution >= 0.6 is 0 Å². The SMILES string of the molecule is CNC1CCCC1S(=O)(=O)CC(=O)NC(C)C. The van der Waals surface area contributed by atoms with E-state index in [0.29, 0.717) is 6.42 Å². The van der Waals surface area contributed by atoms with Crippen molar-refractivity contribution in [1.82, 2.24) is 10.6 Å². The summed E-state index contributed by atoms with van der Waals surface area (Å²) < 4.78 is 24.2. The van der Waals surface area contributed by atoms with Crippen LogP contribution in [0.4, 0.5) is 0 Å². The molecule has 1 aliphatic carbocycles. The molecule has 0 aromatic rings. The minimum atomic E-state index is -3.34. The van der Waals surface area contributed by atoms with E-state index in [2.05, 4.69) is 10.6 Å². The maximum absolute atomic E-state index is 12.1. The van der Waals surface area contributed by atoms with Gasteiger partial charge in [-0.25, -0.2) is 8.42 Å². The van der Waals surface area contributed by atoms with Gasteiger partial charge in [-0.2, -0.15) is 0 Å². The highest BCUT2D eigenvalue weighted by Crippen LogP contribution is 2.25. The molecule has 0 spiro atoms. The van der Waals surface area contributed by atoms with Crippen LogP contribution in [-0.2, 0) is 14.6 Å². The predicted octanol–water partition coefficient (Wildman–Crippen LogP) is 0.0663. The Morgan fingerprint density at radius 2 is 2.00 bits per heavy atom. The van der Waals surface area contributed by atoms with Crippen LogP contribution in [0.5, 0.6) is 0 Å². The Morgan fingerprint density at radius 1 is 1.35 bits per heavy atom. The van der Waals surface area contributed by atoms with E-state index in [-0.39, 0.29) is 12.1 Å². The molecule has 0 heterocycles. The maximum Gasteiger partial charge on any atom is 0.235 e. The molecule has 100 valence electrons. The molecular formula is C11H22N2O3S. The van der Waals surface area contributed by atoms with Gasteiger partial charge in [0.1, 0.15) is 5.75 Å². The first-order chi connectivity index (χ1) is 7.86. The van der Waals surface area contributed by atoms with Crippen molar-refractivity contribution in [1.29, 1.82) is 0 Å². The molecule has 0 bridgehead atoms. The summed E-state index contributed by atoms with van der Waals surface area (Å²) in [6, 6.07) is -0.0341. The van der Waals surface area contributed by atoms with Gasteiger partial charge in [0.2, 0.25) is 5.91 Å². The van der Waals surface area contributed by atoms with E-state index < -0.39 is 26.7 Å². The van der Waals surface area contributed by atoms with Crippen LogP contribution in [0.25, 0.3) is 0 Å². The summed E-state index contributed by atoms with van der Waals surface area (Å²) in [4.78, 5) is 11.5. The van der Waals surface area contributed by atoms with Gasteiger partial charge in [-0.05, 0) is 33.7 Å². The molecule has 0 aromatic carbocycles. The Bertz CT molecular complexity index is 365. The Kier molecular flexibility index (Phi) is 4.94. The molecule has 2 atom stereocenters. The molecule has 0 aliphatic heterocycles. The van der Waals surface area contributed by atoms with Gasteiger partial charge >= 0.3 is 0 Å². The number of hydrogen-bond acceptors (Lipinski definition) is 4. The largest absolute Gasteiger partial charge is 0.353 e. The van der Waals surface area contributed by atoms with E-state index in [0.717, 1.165) is 12.8 Å². The standard InChI is InChI=1S/C11H22N2O3S/c1-8(2)13-11(14)7-17(15,16)10-6-4-5-9(10)12-3/h8-10,12H,4-7H2,1-3H3,(H,13,14). The van der Waals surface area contributed by atoms with Gasteiger partial charge in [0.15, 0.2) is 9.84 Å². The lowest BCUT2D eigenvalue weighted by Crippen LogP contribution is -2.43. The highest BCUT2D eigenvalue weighted by molar-refractivity contribution is 7.92. The van der Waals surface area contributed by atoms with Crippen LogP contribution in [0.1, 0.15) is 33.1 Å². The minimum Gasteiger partial charge on any atom is -0.353 e. The fourth-order valence-electron chi connectivity index (χ4n) is 2.34. The van der Waals surface area contributed by atoms with Crippen molar-refractivity contribution in [3.05, 3.63) is 0 Å². The van der Waals surface area contributed by atoms with Crippen LogP contribution < -0.4 is 10.6 Å². The summed E-state index contributed by atoms with van der Waals surface area (Å²) in [5, 5.41) is 5.23. The van der Waals surface area contributed by atoms with Gasteiger partial charge < -0.3 is 10.6 Å². The number of carbonyl (C=O) groups excluding carboxylic acids is 1. The molecule has 1 amide bonds. The van der Waals surface area contributed by atoms with Crippen molar-refractivity contribution in [3.8, 4) is 0 Å². The first-order valence-corrected chi connectivity index (χ1v) is 7.76. The van der Waals surface area contributed by atoms with Crippen LogP contribution in [0.15, 0.2) is 0 Å². The zero-order valence-electron chi connectivity index (χ0n) is 10.7. The minimum absolute atomic E-state index is 0.00755. The lowest BCUT2D eigenvalue weighted by atomic mass is 10.2. The molecule has 1 fully saturated rings. The smallest absolute Gasteiger partial charge is 0.235 e. The summed E-state index contributed by atoms with van der Waals surface area (Å²) in [7, 11) is -1.57. The fraction of sp³-hybridized carbons (Fsp3) is 0.909. The van der Waals surface area contributed by atoms with Crippen molar-refractivity contribution < 1.29 is 13.2 Å². The Labute approximate surface area is 103 Å². The third-order valence-electron chi connectivity index (χ3n) is 3.07. The van der Waals surface area contributed by atoms with E-state index in [1.807, 2.05) is 13.8 Å². The lowest BCUT2D eigenvalue weighted by molar-refractivity contribution is -0.119. The predicted molar refractivity (Wildman–Crippen MR) is 67.6 cm³/mol. The fourth-order valence-corrected chi connectivity index (χ4v) is 4.30. The number of hydrogen-bond donors (Lipinski definition) is 2. The van der Waals surface area contributed by atoms with Crippen molar-refractivity contribution in [2.75, 3.05) is 12.8 Å². The quantitative estimate of drug-likeness (QED) is 0.735. The molecule has 0 saturated heterocycles. The van der Waals surface area contributed by atoms with E-state index in [9.17, 15) is 13.2 Å². The third-order valence-corrected chi connectivity index (χ3v) is 5.22. The molecular weight excluding hydrogens is 240 g/mol. The summed E-state index contributed by atoms with van der Waals surface area (Å²) in [6.07, 6.45) is 2.43. The number of rotatable bonds is 5. The second kappa shape index (κ2) is 5.82. The molecule has 0 aromatic heterocycles. The van der Waals surface area contributed by atoms with Crippen LogP contribution in [0, 0.1) is 0 Å². The summed E-state index contributed by atoms with van der Waals surface area (Å²) in [5.74, 6) is -0.796. The first kappa shape index (κ1) is 14.4. The van der Waals surface area contributed by atoms with Gasteiger partial charge in [0, 0.05) is 12.1 Å². The zero-order valence-corrected chi connectivity index (χ0v) is 11.5. The highest BCUT2D eigenvalue weighted by Gasteiger charge is 2.37. The van der Waals surface area contributed by atoms with Gasteiger partial charge in [0.25, 0.3) is 0 Å². The number of amides is 1. The second-order valence-electron chi connectivity index (χ2n) is 4.89. The monoisotopic (exact) mass is 262 g/mol. The van der Waals surface area contributed by atoms with Crippen molar-refractivity contribution in [3.63, 3.8) is 0 Å². The molecule has 1 aliphatic rings. The number of carbonyl (C=O) groups is 1. The maximum atomic E-state index is 12.1. The van der Waals surface area contributed by atoms with Gasteiger partial charge in [-0.3, -0.25) is 4.79 Å². The lowest BCUT2D eigenvalue weighted by Gasteiger charge is -2.19. The molecule has 1 rings (SSSR count). The van der Waals surface area contributed by atoms with Gasteiger partial charge in [0.05, 0.1) is 5.25 Å². The van der Waals surface area contributed by atoms with Gasteiger partial charge in [-0.1, -0.05) is 6.42 Å². The number of sulfone groups is 1. The van der Waals surface area contributed by atoms with Crippen molar-refractivity contribution in [2.45, 2.75) is 50.4 Å². The van der Waals surface area contributed by atoms with E-state index >= 15 is 0 Å². The van der Waals surface area contributed by atoms with Gasteiger partial charge in [-0.15, -0.1) is 0 Å². The zero-order chi connectivity index (χ0) is 13.1. The van der Waals surface area contributed by atoms with E-state index in [1.54, 1.807) is 7.05 Å². The van der Waals surface area contributed by atoms with E-state index in [1.165, 1.54) is 0 Å².